The number of H-pyrrole nitrogens is 1. The molecule has 0 saturated carbocycles. The van der Waals surface area contributed by atoms with Gasteiger partial charge in [0.25, 0.3) is 11.8 Å². The molecule has 3 aromatic rings. The summed E-state index contributed by atoms with van der Waals surface area (Å²) in [6.45, 7) is 5.59. The summed E-state index contributed by atoms with van der Waals surface area (Å²) in [5.41, 5.74) is 3.40. The monoisotopic (exact) mass is 437 g/mol. The fourth-order valence-corrected chi connectivity index (χ4v) is 3.32. The van der Waals surface area contributed by atoms with Crippen LogP contribution < -0.4 is 10.6 Å². The lowest BCUT2D eigenvalue weighted by Crippen LogP contribution is -2.24. The van der Waals surface area contributed by atoms with Crippen molar-refractivity contribution in [1.29, 1.82) is 0 Å². The van der Waals surface area contributed by atoms with Gasteiger partial charge in [-0.3, -0.25) is 9.59 Å². The lowest BCUT2D eigenvalue weighted by Gasteiger charge is -2.09. The quantitative estimate of drug-likeness (QED) is 0.484. The van der Waals surface area contributed by atoms with E-state index < -0.39 is 11.8 Å². The Morgan fingerprint density at radius 3 is 2.44 bits per heavy atom. The third kappa shape index (κ3) is 5.21. The summed E-state index contributed by atoms with van der Waals surface area (Å²) >= 11 is 0. The van der Waals surface area contributed by atoms with Crippen molar-refractivity contribution in [3.63, 3.8) is 0 Å². The number of carbonyl (C=O) groups is 3. The average Bonchev–Trinajstić information content (AvgIpc) is 3.07. The highest BCUT2D eigenvalue weighted by atomic mass is 19.1. The van der Waals surface area contributed by atoms with Crippen LogP contribution in [0.2, 0.25) is 0 Å². The summed E-state index contributed by atoms with van der Waals surface area (Å²) in [4.78, 5) is 40.1. The Bertz CT molecular complexity index is 1150. The number of rotatable bonds is 7. The molecule has 0 radical (unpaired) electrons. The molecule has 166 valence electrons. The number of aryl methyl sites for hydroxylation is 1. The highest BCUT2D eigenvalue weighted by Gasteiger charge is 2.22. The fourth-order valence-electron chi connectivity index (χ4n) is 3.32. The zero-order valence-electron chi connectivity index (χ0n) is 18.0. The average molecular weight is 437 g/mol. The number of nitrogens with one attached hydrogen (secondary N) is 3. The highest BCUT2D eigenvalue weighted by Crippen LogP contribution is 2.19. The van der Waals surface area contributed by atoms with E-state index in [2.05, 4.69) is 15.6 Å². The van der Waals surface area contributed by atoms with E-state index in [1.807, 2.05) is 6.07 Å². The van der Waals surface area contributed by atoms with Crippen LogP contribution in [-0.2, 0) is 11.3 Å². The Kier molecular flexibility index (Phi) is 7.04. The van der Waals surface area contributed by atoms with E-state index in [-0.39, 0.29) is 25.0 Å². The Labute approximate surface area is 185 Å². The van der Waals surface area contributed by atoms with Crippen LogP contribution in [0.25, 0.3) is 0 Å². The van der Waals surface area contributed by atoms with Crippen LogP contribution >= 0.6 is 0 Å². The molecule has 0 fully saturated rings. The predicted octanol–water partition coefficient (Wildman–Crippen LogP) is 4.13. The molecule has 8 heteroatoms. The lowest BCUT2D eigenvalue weighted by atomic mass is 10.1. The van der Waals surface area contributed by atoms with Crippen molar-refractivity contribution in [3.8, 4) is 0 Å². The third-order valence-corrected chi connectivity index (χ3v) is 4.89. The maximum atomic E-state index is 13.0. The minimum Gasteiger partial charge on any atom is -0.462 e. The number of halogens is 1. The molecule has 32 heavy (non-hydrogen) atoms. The number of hydrogen-bond acceptors (Lipinski definition) is 4. The van der Waals surface area contributed by atoms with Crippen LogP contribution in [0.5, 0.6) is 0 Å². The van der Waals surface area contributed by atoms with Crippen molar-refractivity contribution in [2.45, 2.75) is 27.3 Å². The topological polar surface area (TPSA) is 100 Å². The van der Waals surface area contributed by atoms with E-state index in [0.29, 0.717) is 33.8 Å². The van der Waals surface area contributed by atoms with Crippen molar-refractivity contribution >= 4 is 23.5 Å². The van der Waals surface area contributed by atoms with Crippen molar-refractivity contribution in [1.82, 2.24) is 10.3 Å². The summed E-state index contributed by atoms with van der Waals surface area (Å²) in [5, 5.41) is 5.56. The number of ether oxygens (including phenoxy) is 1. The first-order valence-corrected chi connectivity index (χ1v) is 10.1. The van der Waals surface area contributed by atoms with Gasteiger partial charge in [0, 0.05) is 23.5 Å². The fraction of sp³-hybridized carbons (Fsp3) is 0.208. The minimum atomic E-state index is -0.470. The van der Waals surface area contributed by atoms with Gasteiger partial charge in [0.2, 0.25) is 0 Å². The number of aromatic amines is 1. The van der Waals surface area contributed by atoms with Crippen LogP contribution in [0.1, 0.15) is 54.9 Å². The normalized spacial score (nSPS) is 10.5. The van der Waals surface area contributed by atoms with Crippen molar-refractivity contribution in [2.24, 2.45) is 0 Å². The Morgan fingerprint density at radius 1 is 1.03 bits per heavy atom. The molecule has 1 aromatic heterocycles. The van der Waals surface area contributed by atoms with Crippen LogP contribution in [0.3, 0.4) is 0 Å². The van der Waals surface area contributed by atoms with Crippen LogP contribution in [-0.4, -0.2) is 29.4 Å². The summed E-state index contributed by atoms with van der Waals surface area (Å²) in [7, 11) is 0. The number of carbonyl (C=O) groups excluding carboxylic acids is 3. The molecule has 2 amide bonds. The molecule has 0 atom stereocenters. The highest BCUT2D eigenvalue weighted by molar-refractivity contribution is 6.04. The van der Waals surface area contributed by atoms with E-state index in [9.17, 15) is 18.8 Å². The van der Waals surface area contributed by atoms with E-state index in [1.165, 1.54) is 24.3 Å². The molecule has 0 unspecified atom stereocenters. The second-order valence-electron chi connectivity index (χ2n) is 7.19. The van der Waals surface area contributed by atoms with Gasteiger partial charge in [-0.25, -0.2) is 9.18 Å². The van der Waals surface area contributed by atoms with Crippen LogP contribution in [0.4, 0.5) is 10.1 Å². The van der Waals surface area contributed by atoms with Gasteiger partial charge in [-0.15, -0.1) is 0 Å². The van der Waals surface area contributed by atoms with E-state index in [0.717, 1.165) is 5.56 Å². The van der Waals surface area contributed by atoms with Gasteiger partial charge >= 0.3 is 5.97 Å². The summed E-state index contributed by atoms with van der Waals surface area (Å²) in [5.74, 6) is -1.61. The molecule has 0 aliphatic heterocycles. The van der Waals surface area contributed by atoms with Crippen molar-refractivity contribution in [2.75, 3.05) is 11.9 Å². The molecule has 1 heterocycles. The Balaban J connectivity index is 1.66. The number of benzene rings is 2. The van der Waals surface area contributed by atoms with Gasteiger partial charge in [0.1, 0.15) is 11.5 Å². The zero-order chi connectivity index (χ0) is 23.3. The molecule has 0 bridgehead atoms. The SMILES string of the molecule is CCOC(=O)c1c(C)[nH]c(C(=O)NCc2cccc(NC(=O)c3ccc(F)cc3)c2)c1C. The second-order valence-corrected chi connectivity index (χ2v) is 7.19. The Morgan fingerprint density at radius 2 is 1.75 bits per heavy atom. The zero-order valence-corrected chi connectivity index (χ0v) is 18.0. The Hall–Kier alpha value is -3.94. The molecule has 7 nitrogen and oxygen atoms in total. The minimum absolute atomic E-state index is 0.214. The molecule has 0 aliphatic carbocycles. The van der Waals surface area contributed by atoms with Gasteiger partial charge in [-0.1, -0.05) is 12.1 Å². The molecular formula is C24H24FN3O4. The van der Waals surface area contributed by atoms with Gasteiger partial charge < -0.3 is 20.4 Å². The number of anilines is 1. The number of esters is 1. The standard InChI is InChI=1S/C24H24FN3O4/c1-4-32-24(31)20-14(2)21(27-15(20)3)23(30)26-13-16-6-5-7-19(12-16)28-22(29)17-8-10-18(25)11-9-17/h5-12,27H,4,13H2,1-3H3,(H,26,30)(H,28,29). The maximum Gasteiger partial charge on any atom is 0.340 e. The first-order valence-electron chi connectivity index (χ1n) is 10.1. The van der Waals surface area contributed by atoms with Crippen LogP contribution in [0.15, 0.2) is 48.5 Å². The smallest absolute Gasteiger partial charge is 0.340 e. The van der Waals surface area contributed by atoms with E-state index >= 15 is 0 Å². The van der Waals surface area contributed by atoms with Crippen molar-refractivity contribution < 1.29 is 23.5 Å². The predicted molar refractivity (Wildman–Crippen MR) is 118 cm³/mol. The molecule has 3 rings (SSSR count). The molecule has 3 N–H and O–H groups in total. The summed E-state index contributed by atoms with van der Waals surface area (Å²) in [6.07, 6.45) is 0. The van der Waals surface area contributed by atoms with E-state index in [4.69, 9.17) is 4.74 Å². The largest absolute Gasteiger partial charge is 0.462 e. The first kappa shape index (κ1) is 22.7. The number of amides is 2. The second kappa shape index (κ2) is 9.91. The van der Waals surface area contributed by atoms with Gasteiger partial charge in [-0.05, 0) is 68.3 Å². The van der Waals surface area contributed by atoms with Gasteiger partial charge in [0.15, 0.2) is 0 Å². The molecule has 2 aromatic carbocycles. The molecule has 0 spiro atoms. The van der Waals surface area contributed by atoms with Crippen molar-refractivity contribution in [3.05, 3.63) is 88.0 Å². The van der Waals surface area contributed by atoms with Gasteiger partial charge in [-0.2, -0.15) is 0 Å². The number of aromatic nitrogens is 1. The van der Waals surface area contributed by atoms with E-state index in [1.54, 1.807) is 39.0 Å². The first-order chi connectivity index (χ1) is 15.3. The summed E-state index contributed by atoms with van der Waals surface area (Å²) in [6, 6.07) is 12.3. The number of hydrogen-bond donors (Lipinski definition) is 3. The maximum absolute atomic E-state index is 13.0. The van der Waals surface area contributed by atoms with Gasteiger partial charge in [0.05, 0.1) is 12.2 Å². The molecule has 0 aliphatic rings. The summed E-state index contributed by atoms with van der Waals surface area (Å²) < 4.78 is 18.1. The third-order valence-electron chi connectivity index (χ3n) is 4.89. The molecular weight excluding hydrogens is 413 g/mol. The lowest BCUT2D eigenvalue weighted by molar-refractivity contribution is 0.0524. The molecule has 0 saturated heterocycles. The van der Waals surface area contributed by atoms with Crippen LogP contribution in [0, 0.1) is 19.7 Å².